The first kappa shape index (κ1) is 8.45. The topological polar surface area (TPSA) is 87.0 Å². The van der Waals surface area contributed by atoms with Gasteiger partial charge in [-0.25, -0.2) is 4.79 Å². The Kier molecular flexibility index (Phi) is 1.87. The molecule has 3 atom stereocenters. The van der Waals surface area contributed by atoms with Crippen LogP contribution in [0.4, 0.5) is 0 Å². The molecule has 0 bridgehead atoms. The number of hydrogen-bond donors (Lipinski definition) is 3. The summed E-state index contributed by atoms with van der Waals surface area (Å²) in [6, 6.07) is 0. The Balaban J connectivity index is 2.80. The first-order chi connectivity index (χ1) is 5.00. The van der Waals surface area contributed by atoms with E-state index in [4.69, 9.17) is 10.2 Å². The second kappa shape index (κ2) is 2.44. The van der Waals surface area contributed by atoms with Gasteiger partial charge < -0.3 is 20.1 Å². The Morgan fingerprint density at radius 1 is 1.73 bits per heavy atom. The molecule has 1 aliphatic rings. The molecule has 1 rings (SSSR count). The van der Waals surface area contributed by atoms with E-state index >= 15 is 0 Å². The molecule has 64 valence electrons. The van der Waals surface area contributed by atoms with Crippen molar-refractivity contribution in [2.45, 2.75) is 24.7 Å². The summed E-state index contributed by atoms with van der Waals surface area (Å²) < 4.78 is 4.45. The van der Waals surface area contributed by atoms with Crippen LogP contribution >= 0.6 is 0 Å². The fourth-order valence-electron chi connectivity index (χ4n) is 0.941. The van der Waals surface area contributed by atoms with E-state index in [0.717, 1.165) is 6.92 Å². The Labute approximate surface area is 63.2 Å². The molecular formula is C6H10O5. The monoisotopic (exact) mass is 162 g/mol. The average Bonchev–Trinajstić information content (AvgIpc) is 2.14. The SMILES string of the molecule is C[C@@]1(O)C(=O)O[C@H](CO)[C@@H]1O. The largest absolute Gasteiger partial charge is 0.455 e. The highest BCUT2D eigenvalue weighted by Crippen LogP contribution is 2.25. The number of aliphatic hydroxyl groups is 3. The van der Waals surface area contributed by atoms with Gasteiger partial charge in [0.1, 0.15) is 6.10 Å². The highest BCUT2D eigenvalue weighted by atomic mass is 16.6. The molecule has 11 heavy (non-hydrogen) atoms. The zero-order chi connectivity index (χ0) is 8.65. The zero-order valence-corrected chi connectivity index (χ0v) is 6.02. The quantitative estimate of drug-likeness (QED) is 0.389. The Morgan fingerprint density at radius 3 is 2.45 bits per heavy atom. The summed E-state index contributed by atoms with van der Waals surface area (Å²) in [7, 11) is 0. The van der Waals surface area contributed by atoms with Gasteiger partial charge in [-0.1, -0.05) is 0 Å². The van der Waals surface area contributed by atoms with Crippen LogP contribution in [0.1, 0.15) is 6.92 Å². The van der Waals surface area contributed by atoms with Crippen LogP contribution in [0.2, 0.25) is 0 Å². The van der Waals surface area contributed by atoms with Crippen molar-refractivity contribution in [2.75, 3.05) is 6.61 Å². The van der Waals surface area contributed by atoms with E-state index in [1.54, 1.807) is 0 Å². The van der Waals surface area contributed by atoms with Crippen LogP contribution < -0.4 is 0 Å². The number of hydrogen-bond acceptors (Lipinski definition) is 5. The van der Waals surface area contributed by atoms with Gasteiger partial charge in [-0.2, -0.15) is 0 Å². The lowest BCUT2D eigenvalue weighted by Crippen LogP contribution is -2.43. The summed E-state index contributed by atoms with van der Waals surface area (Å²) in [4.78, 5) is 10.7. The second-order valence-corrected chi connectivity index (χ2v) is 2.72. The van der Waals surface area contributed by atoms with Gasteiger partial charge in [0, 0.05) is 0 Å². The van der Waals surface area contributed by atoms with Crippen LogP contribution in [-0.4, -0.2) is 45.7 Å². The minimum atomic E-state index is -1.88. The van der Waals surface area contributed by atoms with Gasteiger partial charge in [-0.3, -0.25) is 0 Å². The summed E-state index contributed by atoms with van der Waals surface area (Å²) >= 11 is 0. The standard InChI is InChI=1S/C6H10O5/c1-6(10)4(8)3(2-7)11-5(6)9/h3-4,7-8,10H,2H2,1H3/t3-,4+,6+/m1/s1. The molecule has 3 N–H and O–H groups in total. The maximum absolute atomic E-state index is 10.7. The van der Waals surface area contributed by atoms with Gasteiger partial charge >= 0.3 is 5.97 Å². The fourth-order valence-corrected chi connectivity index (χ4v) is 0.941. The molecule has 0 unspecified atom stereocenters. The van der Waals surface area contributed by atoms with Crippen molar-refractivity contribution < 1.29 is 24.9 Å². The first-order valence-electron chi connectivity index (χ1n) is 3.22. The van der Waals surface area contributed by atoms with E-state index in [-0.39, 0.29) is 0 Å². The maximum atomic E-state index is 10.7. The lowest BCUT2D eigenvalue weighted by Gasteiger charge is -2.16. The third-order valence-electron chi connectivity index (χ3n) is 1.78. The van der Waals surface area contributed by atoms with Crippen LogP contribution in [0.5, 0.6) is 0 Å². The number of cyclic esters (lactones) is 1. The van der Waals surface area contributed by atoms with Crippen molar-refractivity contribution in [1.29, 1.82) is 0 Å². The molecule has 1 aliphatic heterocycles. The minimum absolute atomic E-state index is 0.483. The van der Waals surface area contributed by atoms with Crippen molar-refractivity contribution in [1.82, 2.24) is 0 Å². The molecule has 1 heterocycles. The van der Waals surface area contributed by atoms with E-state index in [9.17, 15) is 9.90 Å². The van der Waals surface area contributed by atoms with Crippen molar-refractivity contribution in [3.8, 4) is 0 Å². The first-order valence-corrected chi connectivity index (χ1v) is 3.22. The van der Waals surface area contributed by atoms with E-state index in [1.807, 2.05) is 0 Å². The second-order valence-electron chi connectivity index (χ2n) is 2.72. The average molecular weight is 162 g/mol. The van der Waals surface area contributed by atoms with Gasteiger partial charge in [-0.15, -0.1) is 0 Å². The number of carbonyl (C=O) groups is 1. The summed E-state index contributed by atoms with van der Waals surface area (Å²) in [5.41, 5.74) is -1.88. The predicted octanol–water partition coefficient (Wildman–Crippen LogP) is -1.98. The van der Waals surface area contributed by atoms with Gasteiger partial charge in [-0.05, 0) is 6.92 Å². The van der Waals surface area contributed by atoms with Gasteiger partial charge in [0.15, 0.2) is 11.7 Å². The maximum Gasteiger partial charge on any atom is 0.341 e. The number of carbonyl (C=O) groups excluding carboxylic acids is 1. The predicted molar refractivity (Wildman–Crippen MR) is 33.6 cm³/mol. The van der Waals surface area contributed by atoms with Gasteiger partial charge in [0.2, 0.25) is 0 Å². The molecule has 1 fully saturated rings. The number of aliphatic hydroxyl groups excluding tert-OH is 2. The highest BCUT2D eigenvalue weighted by molar-refractivity contribution is 5.82. The van der Waals surface area contributed by atoms with Crippen molar-refractivity contribution in [3.63, 3.8) is 0 Å². The van der Waals surface area contributed by atoms with Crippen LogP contribution in [0.3, 0.4) is 0 Å². The number of esters is 1. The lowest BCUT2D eigenvalue weighted by atomic mass is 9.99. The molecular weight excluding hydrogens is 152 g/mol. The Bertz CT molecular complexity index is 176. The normalized spacial score (nSPS) is 44.2. The minimum Gasteiger partial charge on any atom is -0.455 e. The van der Waals surface area contributed by atoms with Gasteiger partial charge in [0.05, 0.1) is 6.61 Å². The number of ether oxygens (including phenoxy) is 1. The van der Waals surface area contributed by atoms with Crippen LogP contribution in [0.25, 0.3) is 0 Å². The smallest absolute Gasteiger partial charge is 0.341 e. The van der Waals surface area contributed by atoms with Crippen molar-refractivity contribution in [3.05, 3.63) is 0 Å². The summed E-state index contributed by atoms with van der Waals surface area (Å²) in [5.74, 6) is -0.899. The molecule has 0 aromatic rings. The van der Waals surface area contributed by atoms with Crippen molar-refractivity contribution >= 4 is 5.97 Å². The van der Waals surface area contributed by atoms with E-state index in [0.29, 0.717) is 0 Å². The fraction of sp³-hybridized carbons (Fsp3) is 0.833. The summed E-state index contributed by atoms with van der Waals surface area (Å²) in [6.07, 6.45) is -2.35. The van der Waals surface area contributed by atoms with Crippen LogP contribution in [0.15, 0.2) is 0 Å². The van der Waals surface area contributed by atoms with E-state index in [1.165, 1.54) is 0 Å². The van der Waals surface area contributed by atoms with Crippen LogP contribution in [-0.2, 0) is 9.53 Å². The third kappa shape index (κ3) is 1.11. The molecule has 0 radical (unpaired) electrons. The molecule has 0 aromatic carbocycles. The molecule has 0 spiro atoms. The highest BCUT2D eigenvalue weighted by Gasteiger charge is 2.52. The molecule has 1 saturated heterocycles. The molecule has 0 saturated carbocycles. The third-order valence-corrected chi connectivity index (χ3v) is 1.78. The van der Waals surface area contributed by atoms with E-state index in [2.05, 4.69) is 4.74 Å². The lowest BCUT2D eigenvalue weighted by molar-refractivity contribution is -0.155. The van der Waals surface area contributed by atoms with Crippen molar-refractivity contribution in [2.24, 2.45) is 0 Å². The Morgan fingerprint density at radius 2 is 2.27 bits per heavy atom. The summed E-state index contributed by atoms with van der Waals surface area (Å²) in [6.45, 7) is 0.665. The number of rotatable bonds is 1. The molecule has 0 aromatic heterocycles. The van der Waals surface area contributed by atoms with E-state index < -0.39 is 30.4 Å². The summed E-state index contributed by atoms with van der Waals surface area (Å²) in [5, 5.41) is 26.9. The molecule has 0 aliphatic carbocycles. The molecule has 0 amide bonds. The molecule has 5 nitrogen and oxygen atoms in total. The van der Waals surface area contributed by atoms with Crippen LogP contribution in [0, 0.1) is 0 Å². The van der Waals surface area contributed by atoms with Gasteiger partial charge in [0.25, 0.3) is 0 Å². The zero-order valence-electron chi connectivity index (χ0n) is 6.02. The Hall–Kier alpha value is -0.650. The molecule has 5 heteroatoms.